The SMILES string of the molecule is CC1=C2CC=CC2C(C#N)(C#N)C(C(F)(F)F)(C(F)(F)F)C1. The molecule has 0 spiro atoms. The molecule has 0 aliphatic heterocycles. The molecule has 2 nitrogen and oxygen atoms in total. The first-order chi connectivity index (χ1) is 9.98. The van der Waals surface area contributed by atoms with Crippen LogP contribution < -0.4 is 0 Å². The fourth-order valence-electron chi connectivity index (χ4n) is 3.50. The highest BCUT2D eigenvalue weighted by atomic mass is 19.4. The summed E-state index contributed by atoms with van der Waals surface area (Å²) in [4.78, 5) is 0. The van der Waals surface area contributed by atoms with E-state index in [2.05, 4.69) is 0 Å². The maximum absolute atomic E-state index is 13.5. The minimum absolute atomic E-state index is 0.0641. The van der Waals surface area contributed by atoms with Crippen LogP contribution in [-0.2, 0) is 0 Å². The highest BCUT2D eigenvalue weighted by Crippen LogP contribution is 2.69. The molecule has 0 radical (unpaired) electrons. The molecule has 0 aromatic heterocycles. The molecule has 118 valence electrons. The molecule has 2 aliphatic carbocycles. The fourth-order valence-corrected chi connectivity index (χ4v) is 3.50. The van der Waals surface area contributed by atoms with Gasteiger partial charge in [0.25, 0.3) is 0 Å². The molecule has 0 saturated carbocycles. The molecule has 0 saturated heterocycles. The Balaban J connectivity index is 2.92. The number of allylic oxidation sites excluding steroid dienone is 4. The Morgan fingerprint density at radius 1 is 1.09 bits per heavy atom. The van der Waals surface area contributed by atoms with Gasteiger partial charge in [0.1, 0.15) is 0 Å². The van der Waals surface area contributed by atoms with E-state index in [1.165, 1.54) is 13.0 Å². The van der Waals surface area contributed by atoms with Crippen LogP contribution in [0.5, 0.6) is 0 Å². The maximum atomic E-state index is 13.5. The molecule has 0 fully saturated rings. The molecule has 0 bridgehead atoms. The molecule has 0 aromatic carbocycles. The number of hydrogen-bond donors (Lipinski definition) is 0. The van der Waals surface area contributed by atoms with Gasteiger partial charge in [-0.25, -0.2) is 0 Å². The van der Waals surface area contributed by atoms with Crippen molar-refractivity contribution in [3.63, 3.8) is 0 Å². The van der Waals surface area contributed by atoms with E-state index < -0.39 is 35.5 Å². The van der Waals surface area contributed by atoms with Gasteiger partial charge in [0.2, 0.25) is 0 Å². The smallest absolute Gasteiger partial charge is 0.196 e. The summed E-state index contributed by atoms with van der Waals surface area (Å²) in [7, 11) is 0. The zero-order valence-corrected chi connectivity index (χ0v) is 11.3. The molecule has 0 amide bonds. The number of alkyl halides is 6. The summed E-state index contributed by atoms with van der Waals surface area (Å²) in [5.74, 6) is -1.50. The Bertz CT molecular complexity index is 610. The van der Waals surface area contributed by atoms with Gasteiger partial charge < -0.3 is 0 Å². The second kappa shape index (κ2) is 4.52. The predicted octanol–water partition coefficient (Wildman–Crippen LogP) is 4.43. The summed E-state index contributed by atoms with van der Waals surface area (Å²) >= 11 is 0. The molecule has 2 aliphatic rings. The zero-order valence-electron chi connectivity index (χ0n) is 11.3. The van der Waals surface area contributed by atoms with Crippen molar-refractivity contribution < 1.29 is 26.3 Å². The number of nitriles is 2. The van der Waals surface area contributed by atoms with E-state index in [-0.39, 0.29) is 12.0 Å². The molecule has 0 aromatic rings. The van der Waals surface area contributed by atoms with E-state index >= 15 is 0 Å². The Morgan fingerprint density at radius 3 is 2.00 bits per heavy atom. The molecular weight excluding hydrogens is 310 g/mol. The number of fused-ring (bicyclic) bond motifs is 1. The Hall–Kier alpha value is -1.96. The maximum Gasteiger partial charge on any atom is 0.406 e. The molecule has 2 rings (SSSR count). The quantitative estimate of drug-likeness (QED) is 0.490. The van der Waals surface area contributed by atoms with Crippen molar-refractivity contribution in [3.8, 4) is 12.1 Å². The third-order valence-corrected chi connectivity index (χ3v) is 4.58. The van der Waals surface area contributed by atoms with E-state index in [4.69, 9.17) is 0 Å². The van der Waals surface area contributed by atoms with Crippen molar-refractivity contribution in [3.05, 3.63) is 23.3 Å². The van der Waals surface area contributed by atoms with E-state index in [0.717, 1.165) is 18.2 Å². The summed E-state index contributed by atoms with van der Waals surface area (Å²) in [6, 6.07) is 2.15. The van der Waals surface area contributed by atoms with Crippen LogP contribution in [0.15, 0.2) is 23.3 Å². The monoisotopic (exact) mass is 320 g/mol. The third-order valence-electron chi connectivity index (χ3n) is 4.58. The van der Waals surface area contributed by atoms with Gasteiger partial charge in [0, 0.05) is 5.92 Å². The predicted molar refractivity (Wildman–Crippen MR) is 62.8 cm³/mol. The van der Waals surface area contributed by atoms with Gasteiger partial charge in [0.05, 0.1) is 12.1 Å². The van der Waals surface area contributed by atoms with Crippen molar-refractivity contribution in [1.82, 2.24) is 0 Å². The van der Waals surface area contributed by atoms with Gasteiger partial charge >= 0.3 is 12.4 Å². The van der Waals surface area contributed by atoms with E-state index in [0.29, 0.717) is 5.57 Å². The minimum atomic E-state index is -5.78. The number of nitrogens with zero attached hydrogens (tertiary/aromatic N) is 2. The standard InChI is InChI=1S/C14H10F6N2/c1-8-5-12(13(15,16)17,14(18,19)20)11(6-21,7-22)10-4-2-3-9(8)10/h2,4,10H,3,5H2,1H3. The van der Waals surface area contributed by atoms with Crippen molar-refractivity contribution in [2.24, 2.45) is 16.7 Å². The molecule has 0 heterocycles. The van der Waals surface area contributed by atoms with Gasteiger partial charge in [-0.3, -0.25) is 0 Å². The summed E-state index contributed by atoms with van der Waals surface area (Å²) in [5, 5.41) is 18.4. The zero-order chi connectivity index (χ0) is 17.0. The lowest BCUT2D eigenvalue weighted by molar-refractivity contribution is -0.367. The summed E-state index contributed by atoms with van der Waals surface area (Å²) < 4.78 is 81.1. The average molecular weight is 320 g/mol. The van der Waals surface area contributed by atoms with Crippen LogP contribution >= 0.6 is 0 Å². The van der Waals surface area contributed by atoms with Gasteiger partial charge in [-0.15, -0.1) is 0 Å². The van der Waals surface area contributed by atoms with Crippen molar-refractivity contribution in [2.75, 3.05) is 0 Å². The lowest BCUT2D eigenvalue weighted by Gasteiger charge is -2.50. The summed E-state index contributed by atoms with van der Waals surface area (Å²) in [5.41, 5.74) is -7.42. The van der Waals surface area contributed by atoms with Gasteiger partial charge in [0.15, 0.2) is 10.8 Å². The lowest BCUT2D eigenvalue weighted by Crippen LogP contribution is -2.63. The van der Waals surface area contributed by atoms with Crippen molar-refractivity contribution in [2.45, 2.75) is 32.1 Å². The van der Waals surface area contributed by atoms with Gasteiger partial charge in [-0.1, -0.05) is 23.3 Å². The Labute approximate surface area is 122 Å². The molecular formula is C14H10F6N2. The summed E-state index contributed by atoms with van der Waals surface area (Å²) in [6.45, 7) is 1.19. The molecule has 0 N–H and O–H groups in total. The van der Waals surface area contributed by atoms with E-state index in [9.17, 15) is 36.9 Å². The molecule has 1 atom stereocenters. The van der Waals surface area contributed by atoms with Crippen LogP contribution in [0.3, 0.4) is 0 Å². The molecule has 8 heteroatoms. The van der Waals surface area contributed by atoms with E-state index in [1.54, 1.807) is 0 Å². The van der Waals surface area contributed by atoms with Crippen LogP contribution in [0.4, 0.5) is 26.3 Å². The third kappa shape index (κ3) is 1.67. The molecule has 22 heavy (non-hydrogen) atoms. The highest BCUT2D eigenvalue weighted by Gasteiger charge is 2.83. The second-order valence-electron chi connectivity index (χ2n) is 5.52. The van der Waals surface area contributed by atoms with Gasteiger partial charge in [-0.05, 0) is 19.8 Å². The number of halogens is 6. The average Bonchev–Trinajstić information content (AvgIpc) is 2.86. The van der Waals surface area contributed by atoms with Crippen LogP contribution in [0.2, 0.25) is 0 Å². The van der Waals surface area contributed by atoms with Gasteiger partial charge in [-0.2, -0.15) is 36.9 Å². The van der Waals surface area contributed by atoms with Crippen LogP contribution in [0.25, 0.3) is 0 Å². The van der Waals surface area contributed by atoms with E-state index in [1.807, 2.05) is 0 Å². The number of hydrogen-bond acceptors (Lipinski definition) is 2. The Kier molecular flexibility index (Phi) is 3.37. The van der Waals surface area contributed by atoms with Crippen LogP contribution in [0.1, 0.15) is 19.8 Å². The normalized spacial score (nSPS) is 26.3. The fraction of sp³-hybridized carbons (Fsp3) is 0.571. The van der Waals surface area contributed by atoms with Crippen LogP contribution in [0, 0.1) is 39.4 Å². The van der Waals surface area contributed by atoms with Crippen molar-refractivity contribution >= 4 is 0 Å². The molecule has 1 unspecified atom stereocenters. The first kappa shape index (κ1) is 16.4. The Morgan fingerprint density at radius 2 is 1.59 bits per heavy atom. The van der Waals surface area contributed by atoms with Crippen molar-refractivity contribution in [1.29, 1.82) is 10.5 Å². The van der Waals surface area contributed by atoms with Crippen LogP contribution in [-0.4, -0.2) is 12.4 Å². The minimum Gasteiger partial charge on any atom is -0.196 e. The lowest BCUT2D eigenvalue weighted by atomic mass is 9.51. The largest absolute Gasteiger partial charge is 0.406 e. The summed E-state index contributed by atoms with van der Waals surface area (Å²) in [6.07, 6.45) is -10.3. The highest BCUT2D eigenvalue weighted by molar-refractivity contribution is 5.45. The second-order valence-corrected chi connectivity index (χ2v) is 5.52. The first-order valence-corrected chi connectivity index (χ1v) is 6.29. The topological polar surface area (TPSA) is 47.6 Å². The number of rotatable bonds is 0. The first-order valence-electron chi connectivity index (χ1n) is 6.29.